The van der Waals surface area contributed by atoms with E-state index in [0.717, 1.165) is 17.9 Å². The Kier molecular flexibility index (Phi) is 2.45. The van der Waals surface area contributed by atoms with Crippen LogP contribution in [0.4, 0.5) is 0 Å². The lowest BCUT2D eigenvalue weighted by Gasteiger charge is -2.35. The summed E-state index contributed by atoms with van der Waals surface area (Å²) in [5.74, 6) is 0.755. The molecule has 1 aliphatic heterocycles. The normalized spacial score (nSPS) is 28.5. The van der Waals surface area contributed by atoms with Gasteiger partial charge in [0.1, 0.15) is 14.1 Å². The molecular formula is C10H14BNO. The Morgan fingerprint density at radius 3 is 2.92 bits per heavy atom. The van der Waals surface area contributed by atoms with Gasteiger partial charge in [0.05, 0.1) is 0 Å². The van der Waals surface area contributed by atoms with Gasteiger partial charge < -0.3 is 10.0 Å². The topological polar surface area (TPSA) is 23.5 Å². The predicted octanol–water partition coefficient (Wildman–Crippen LogP) is 0.987. The van der Waals surface area contributed by atoms with Crippen LogP contribution < -0.4 is 0 Å². The van der Waals surface area contributed by atoms with Gasteiger partial charge in [0.15, 0.2) is 0 Å². The third-order valence-corrected chi connectivity index (χ3v) is 2.81. The molecule has 0 aromatic rings. The molecule has 0 spiro atoms. The minimum atomic E-state index is -0.479. The fourth-order valence-electron chi connectivity index (χ4n) is 1.75. The summed E-state index contributed by atoms with van der Waals surface area (Å²) in [6.07, 6.45) is 8.76. The first-order valence-electron chi connectivity index (χ1n) is 4.85. The van der Waals surface area contributed by atoms with Gasteiger partial charge in [0, 0.05) is 6.54 Å². The molecular weight excluding hydrogens is 161 g/mol. The molecule has 2 radical (unpaired) electrons. The summed E-state index contributed by atoms with van der Waals surface area (Å²) in [6.45, 7) is 0.937. The van der Waals surface area contributed by atoms with Gasteiger partial charge in [0.25, 0.3) is 0 Å². The maximum atomic E-state index is 9.59. The Labute approximate surface area is 80.3 Å². The van der Waals surface area contributed by atoms with Crippen LogP contribution in [0.2, 0.25) is 0 Å². The third kappa shape index (κ3) is 1.97. The van der Waals surface area contributed by atoms with Gasteiger partial charge in [-0.05, 0) is 31.0 Å². The summed E-state index contributed by atoms with van der Waals surface area (Å²) < 4.78 is 0. The van der Waals surface area contributed by atoms with Crippen LogP contribution in [0.3, 0.4) is 0 Å². The smallest absolute Gasteiger partial charge is 0.146 e. The zero-order valence-electron chi connectivity index (χ0n) is 7.69. The molecule has 2 rings (SSSR count). The number of hydrogen-bond acceptors (Lipinski definition) is 2. The Hall–Kier alpha value is -0.695. The van der Waals surface area contributed by atoms with Crippen LogP contribution in [-0.2, 0) is 0 Å². The average Bonchev–Trinajstić information content (AvgIpc) is 2.03. The van der Waals surface area contributed by atoms with Gasteiger partial charge in [0.2, 0.25) is 0 Å². The van der Waals surface area contributed by atoms with Crippen molar-refractivity contribution in [2.75, 3.05) is 6.54 Å². The van der Waals surface area contributed by atoms with Crippen molar-refractivity contribution in [2.24, 2.45) is 5.92 Å². The van der Waals surface area contributed by atoms with E-state index in [1.807, 2.05) is 11.1 Å². The minimum Gasteiger partial charge on any atom is -0.370 e. The standard InChI is InChI=1S/C10H14BNO/c11-9-4-5-10(13)12(7-9)6-8-2-1-3-8/h4-5,7-8,10,13H,1-3,6H2. The summed E-state index contributed by atoms with van der Waals surface area (Å²) in [6, 6.07) is 0. The Bertz CT molecular complexity index is 245. The number of aliphatic hydroxyl groups is 1. The van der Waals surface area contributed by atoms with E-state index in [1.165, 1.54) is 19.3 Å². The molecule has 1 heterocycles. The van der Waals surface area contributed by atoms with Crippen LogP contribution in [0, 0.1) is 5.92 Å². The van der Waals surface area contributed by atoms with Crippen LogP contribution in [0.5, 0.6) is 0 Å². The van der Waals surface area contributed by atoms with Crippen molar-refractivity contribution in [3.05, 3.63) is 23.8 Å². The number of rotatable bonds is 2. The predicted molar refractivity (Wildman–Crippen MR) is 53.0 cm³/mol. The highest BCUT2D eigenvalue weighted by atomic mass is 16.3. The van der Waals surface area contributed by atoms with Gasteiger partial charge in [-0.3, -0.25) is 0 Å². The van der Waals surface area contributed by atoms with Crippen molar-refractivity contribution in [1.29, 1.82) is 0 Å². The number of aliphatic hydroxyl groups excluding tert-OH is 1. The van der Waals surface area contributed by atoms with E-state index >= 15 is 0 Å². The summed E-state index contributed by atoms with van der Waals surface area (Å²) in [7, 11) is 5.64. The van der Waals surface area contributed by atoms with E-state index < -0.39 is 6.23 Å². The molecule has 0 aromatic heterocycles. The van der Waals surface area contributed by atoms with E-state index in [4.69, 9.17) is 7.85 Å². The van der Waals surface area contributed by atoms with Crippen LogP contribution >= 0.6 is 0 Å². The van der Waals surface area contributed by atoms with Crippen LogP contribution in [-0.4, -0.2) is 30.6 Å². The van der Waals surface area contributed by atoms with E-state index in [2.05, 4.69) is 0 Å². The molecule has 0 amide bonds. The lowest BCUT2D eigenvalue weighted by atomic mass is 9.84. The van der Waals surface area contributed by atoms with Gasteiger partial charge in [-0.15, -0.1) is 0 Å². The first-order valence-corrected chi connectivity index (χ1v) is 4.85. The number of hydrogen-bond donors (Lipinski definition) is 1. The highest BCUT2D eigenvalue weighted by Gasteiger charge is 2.22. The quantitative estimate of drug-likeness (QED) is 0.632. The largest absolute Gasteiger partial charge is 0.370 e. The van der Waals surface area contributed by atoms with Crippen molar-refractivity contribution in [3.63, 3.8) is 0 Å². The van der Waals surface area contributed by atoms with Crippen LogP contribution in [0.1, 0.15) is 19.3 Å². The second-order valence-corrected chi connectivity index (χ2v) is 3.90. The zero-order valence-corrected chi connectivity index (χ0v) is 7.69. The maximum absolute atomic E-state index is 9.59. The number of allylic oxidation sites excluding steroid dienone is 2. The summed E-state index contributed by atoms with van der Waals surface area (Å²) in [4.78, 5) is 1.92. The average molecular weight is 175 g/mol. The van der Waals surface area contributed by atoms with E-state index in [9.17, 15) is 5.11 Å². The molecule has 2 aliphatic rings. The SMILES string of the molecule is [B]C1=CN(CC2CCC2)C(O)C=C1. The van der Waals surface area contributed by atoms with Crippen molar-refractivity contribution in [2.45, 2.75) is 25.5 Å². The fraction of sp³-hybridized carbons (Fsp3) is 0.600. The highest BCUT2D eigenvalue weighted by molar-refractivity contribution is 6.23. The van der Waals surface area contributed by atoms with Gasteiger partial charge in [-0.1, -0.05) is 18.0 Å². The van der Waals surface area contributed by atoms with Crippen LogP contribution in [0.15, 0.2) is 23.8 Å². The second kappa shape index (κ2) is 3.58. The second-order valence-electron chi connectivity index (χ2n) is 3.90. The molecule has 1 saturated carbocycles. The molecule has 0 aromatic carbocycles. The monoisotopic (exact) mass is 175 g/mol. The Balaban J connectivity index is 1.93. The first-order chi connectivity index (χ1) is 6.25. The lowest BCUT2D eigenvalue weighted by molar-refractivity contribution is 0.0542. The molecule has 1 N–H and O–H groups in total. The van der Waals surface area contributed by atoms with Gasteiger partial charge in [-0.2, -0.15) is 0 Å². The Morgan fingerprint density at radius 1 is 1.54 bits per heavy atom. The highest BCUT2D eigenvalue weighted by Crippen LogP contribution is 2.28. The molecule has 3 heteroatoms. The van der Waals surface area contributed by atoms with Crippen LogP contribution in [0.25, 0.3) is 0 Å². The minimum absolute atomic E-state index is 0.479. The molecule has 1 unspecified atom stereocenters. The van der Waals surface area contributed by atoms with Gasteiger partial charge >= 0.3 is 0 Å². The third-order valence-electron chi connectivity index (χ3n) is 2.81. The molecule has 1 fully saturated rings. The summed E-state index contributed by atoms with van der Waals surface area (Å²) in [5, 5.41) is 9.59. The lowest BCUT2D eigenvalue weighted by Crippen LogP contribution is -2.37. The van der Waals surface area contributed by atoms with Gasteiger partial charge in [-0.25, -0.2) is 0 Å². The molecule has 1 aliphatic carbocycles. The molecule has 68 valence electrons. The number of nitrogens with zero attached hydrogens (tertiary/aromatic N) is 1. The van der Waals surface area contributed by atoms with E-state index in [1.54, 1.807) is 12.2 Å². The van der Waals surface area contributed by atoms with Crippen molar-refractivity contribution in [3.8, 4) is 0 Å². The Morgan fingerprint density at radius 2 is 2.31 bits per heavy atom. The maximum Gasteiger partial charge on any atom is 0.146 e. The van der Waals surface area contributed by atoms with Crippen molar-refractivity contribution < 1.29 is 5.11 Å². The van der Waals surface area contributed by atoms with E-state index in [-0.39, 0.29) is 0 Å². The summed E-state index contributed by atoms with van der Waals surface area (Å²) >= 11 is 0. The molecule has 0 saturated heterocycles. The molecule has 2 nitrogen and oxygen atoms in total. The molecule has 0 bridgehead atoms. The summed E-state index contributed by atoms with van der Waals surface area (Å²) in [5.41, 5.74) is 0.727. The van der Waals surface area contributed by atoms with Crippen molar-refractivity contribution in [1.82, 2.24) is 4.90 Å². The molecule has 13 heavy (non-hydrogen) atoms. The fourth-order valence-corrected chi connectivity index (χ4v) is 1.75. The first kappa shape index (κ1) is 8.88. The zero-order chi connectivity index (χ0) is 9.26. The molecule has 1 atom stereocenters. The van der Waals surface area contributed by atoms with E-state index in [0.29, 0.717) is 0 Å². The van der Waals surface area contributed by atoms with Crippen molar-refractivity contribution >= 4 is 7.85 Å².